The second-order valence-electron chi connectivity index (χ2n) is 7.21. The van der Waals surface area contributed by atoms with Crippen molar-refractivity contribution in [1.82, 2.24) is 20.4 Å². The summed E-state index contributed by atoms with van der Waals surface area (Å²) in [5, 5.41) is 4.36. The standard InChI is InChI=1S/C21H21F3N4O3/c1-25-17(29)15-10-8-14(9-11-15)12-27(2)13-28-18(30)20(21(22,23)24,26-19(28)31)16-6-4-3-5-7-16/h3-11H,12-13H2,1-2H3,(H,25,29)(H,26,31). The Hall–Kier alpha value is -3.40. The minimum absolute atomic E-state index is 0.245. The van der Waals surface area contributed by atoms with Gasteiger partial charge < -0.3 is 10.6 Å². The molecule has 0 saturated carbocycles. The molecule has 164 valence electrons. The van der Waals surface area contributed by atoms with Crippen molar-refractivity contribution in [2.45, 2.75) is 18.3 Å². The molecule has 1 heterocycles. The Bertz CT molecular complexity index is 980. The lowest BCUT2D eigenvalue weighted by Gasteiger charge is -2.30. The fourth-order valence-electron chi connectivity index (χ4n) is 3.45. The quantitative estimate of drug-likeness (QED) is 0.685. The van der Waals surface area contributed by atoms with E-state index in [2.05, 4.69) is 5.32 Å². The highest BCUT2D eigenvalue weighted by Crippen LogP contribution is 2.43. The summed E-state index contributed by atoms with van der Waals surface area (Å²) < 4.78 is 42.0. The summed E-state index contributed by atoms with van der Waals surface area (Å²) >= 11 is 0. The van der Waals surface area contributed by atoms with E-state index in [0.717, 1.165) is 17.7 Å². The average molecular weight is 434 g/mol. The maximum atomic E-state index is 14.0. The molecule has 10 heteroatoms. The molecule has 0 aromatic heterocycles. The van der Waals surface area contributed by atoms with Crippen LogP contribution in [0.15, 0.2) is 54.6 Å². The summed E-state index contributed by atoms with van der Waals surface area (Å²) in [4.78, 5) is 39.0. The molecule has 1 saturated heterocycles. The maximum Gasteiger partial charge on any atom is 0.425 e. The summed E-state index contributed by atoms with van der Waals surface area (Å²) in [6.45, 7) is -0.0953. The molecule has 0 radical (unpaired) electrons. The van der Waals surface area contributed by atoms with E-state index >= 15 is 0 Å². The van der Waals surface area contributed by atoms with Crippen molar-refractivity contribution in [2.24, 2.45) is 0 Å². The molecule has 0 aliphatic carbocycles. The molecule has 2 N–H and O–H groups in total. The smallest absolute Gasteiger partial charge is 0.355 e. The number of halogens is 3. The van der Waals surface area contributed by atoms with Gasteiger partial charge in [-0.1, -0.05) is 42.5 Å². The number of nitrogens with one attached hydrogen (secondary N) is 2. The van der Waals surface area contributed by atoms with Crippen molar-refractivity contribution in [1.29, 1.82) is 0 Å². The molecule has 2 aromatic rings. The lowest BCUT2D eigenvalue weighted by molar-refractivity contribution is -0.198. The highest BCUT2D eigenvalue weighted by molar-refractivity contribution is 6.08. The highest BCUT2D eigenvalue weighted by Gasteiger charge is 2.68. The normalized spacial score (nSPS) is 19.0. The van der Waals surface area contributed by atoms with Crippen LogP contribution in [-0.2, 0) is 16.9 Å². The first-order chi connectivity index (χ1) is 14.6. The van der Waals surface area contributed by atoms with Crippen molar-refractivity contribution in [3.63, 3.8) is 0 Å². The van der Waals surface area contributed by atoms with Crippen LogP contribution in [0.25, 0.3) is 0 Å². The van der Waals surface area contributed by atoms with E-state index < -0.39 is 23.7 Å². The molecular weight excluding hydrogens is 413 g/mol. The number of benzene rings is 2. The van der Waals surface area contributed by atoms with Crippen LogP contribution in [0.2, 0.25) is 0 Å². The Kier molecular flexibility index (Phi) is 6.03. The van der Waals surface area contributed by atoms with Gasteiger partial charge in [-0.25, -0.2) is 9.69 Å². The second-order valence-corrected chi connectivity index (χ2v) is 7.21. The average Bonchev–Trinajstić information content (AvgIpc) is 3.00. The van der Waals surface area contributed by atoms with Crippen LogP contribution < -0.4 is 10.6 Å². The highest BCUT2D eigenvalue weighted by atomic mass is 19.4. The van der Waals surface area contributed by atoms with Crippen molar-refractivity contribution in [2.75, 3.05) is 20.8 Å². The predicted molar refractivity (Wildman–Crippen MR) is 106 cm³/mol. The van der Waals surface area contributed by atoms with Gasteiger partial charge in [-0.15, -0.1) is 0 Å². The summed E-state index contributed by atoms with van der Waals surface area (Å²) in [5.74, 6) is -1.62. The molecule has 1 unspecified atom stereocenters. The van der Waals surface area contributed by atoms with Crippen LogP contribution in [0.1, 0.15) is 21.5 Å². The first-order valence-electron chi connectivity index (χ1n) is 9.36. The van der Waals surface area contributed by atoms with Gasteiger partial charge in [0.15, 0.2) is 0 Å². The zero-order valence-corrected chi connectivity index (χ0v) is 16.9. The van der Waals surface area contributed by atoms with Gasteiger partial charge in [-0.3, -0.25) is 14.5 Å². The molecule has 1 atom stereocenters. The number of alkyl halides is 3. The maximum absolute atomic E-state index is 14.0. The van der Waals surface area contributed by atoms with E-state index in [1.54, 1.807) is 31.3 Å². The second kappa shape index (κ2) is 8.38. The number of nitrogens with zero attached hydrogens (tertiary/aromatic N) is 2. The van der Waals surface area contributed by atoms with E-state index in [-0.39, 0.29) is 24.7 Å². The van der Waals surface area contributed by atoms with E-state index in [4.69, 9.17) is 0 Å². The van der Waals surface area contributed by atoms with Crippen LogP contribution in [0.3, 0.4) is 0 Å². The number of rotatable bonds is 6. The van der Waals surface area contributed by atoms with Gasteiger partial charge in [0, 0.05) is 19.2 Å². The van der Waals surface area contributed by atoms with Crippen LogP contribution >= 0.6 is 0 Å². The van der Waals surface area contributed by atoms with Gasteiger partial charge >= 0.3 is 12.2 Å². The minimum Gasteiger partial charge on any atom is -0.355 e. The Morgan fingerprint density at radius 2 is 1.71 bits per heavy atom. The molecule has 3 rings (SSSR count). The summed E-state index contributed by atoms with van der Waals surface area (Å²) in [6, 6.07) is 12.1. The molecule has 0 bridgehead atoms. The third kappa shape index (κ3) is 4.11. The molecule has 7 nitrogen and oxygen atoms in total. The van der Waals surface area contributed by atoms with Gasteiger partial charge in [0.05, 0.1) is 6.67 Å². The lowest BCUT2D eigenvalue weighted by atomic mass is 9.89. The zero-order valence-electron chi connectivity index (χ0n) is 16.9. The molecule has 4 amide bonds. The van der Waals surface area contributed by atoms with Crippen LogP contribution in [0.5, 0.6) is 0 Å². The lowest BCUT2D eigenvalue weighted by Crippen LogP contribution is -2.56. The number of amides is 4. The third-order valence-corrected chi connectivity index (χ3v) is 5.02. The molecule has 1 fully saturated rings. The van der Waals surface area contributed by atoms with Gasteiger partial charge in [-0.05, 0) is 30.3 Å². The van der Waals surface area contributed by atoms with Gasteiger partial charge in [-0.2, -0.15) is 13.2 Å². The molecule has 2 aromatic carbocycles. The first kappa shape index (κ1) is 22.3. The van der Waals surface area contributed by atoms with Crippen molar-refractivity contribution in [3.8, 4) is 0 Å². The summed E-state index contributed by atoms with van der Waals surface area (Å²) in [6.07, 6.45) is -5.02. The molecule has 1 aliphatic heterocycles. The molecule has 0 spiro atoms. The van der Waals surface area contributed by atoms with Crippen molar-refractivity contribution < 1.29 is 27.6 Å². The van der Waals surface area contributed by atoms with Crippen LogP contribution in [0.4, 0.5) is 18.0 Å². The van der Waals surface area contributed by atoms with E-state index in [1.165, 1.54) is 30.1 Å². The number of hydrogen-bond acceptors (Lipinski definition) is 4. The molecule has 1 aliphatic rings. The topological polar surface area (TPSA) is 81.8 Å². The Morgan fingerprint density at radius 1 is 1.10 bits per heavy atom. The van der Waals surface area contributed by atoms with Gasteiger partial charge in [0.25, 0.3) is 11.8 Å². The molecular formula is C21H21F3N4O3. The Balaban J connectivity index is 1.78. The molecule has 31 heavy (non-hydrogen) atoms. The Labute approximate surface area is 176 Å². The number of hydrogen-bond donors (Lipinski definition) is 2. The Morgan fingerprint density at radius 3 is 2.26 bits per heavy atom. The number of urea groups is 1. The minimum atomic E-state index is -5.02. The zero-order chi connectivity index (χ0) is 22.8. The number of carbonyl (C=O) groups is 3. The fraction of sp³-hybridized carbons (Fsp3) is 0.286. The number of imide groups is 1. The SMILES string of the molecule is CNC(=O)c1ccc(CN(C)CN2C(=O)NC(c3ccccc3)(C(F)(F)F)C2=O)cc1. The largest absolute Gasteiger partial charge is 0.425 e. The predicted octanol–water partition coefficient (Wildman–Crippen LogP) is 2.45. The van der Waals surface area contributed by atoms with Crippen LogP contribution in [0, 0.1) is 0 Å². The van der Waals surface area contributed by atoms with Crippen LogP contribution in [-0.4, -0.2) is 54.6 Å². The fourth-order valence-corrected chi connectivity index (χ4v) is 3.45. The summed E-state index contributed by atoms with van der Waals surface area (Å²) in [5.41, 5.74) is -2.26. The van der Waals surface area contributed by atoms with Gasteiger partial charge in [0.1, 0.15) is 0 Å². The first-order valence-corrected chi connectivity index (χ1v) is 9.36. The number of carbonyl (C=O) groups excluding carboxylic acids is 3. The summed E-state index contributed by atoms with van der Waals surface area (Å²) in [7, 11) is 3.09. The van der Waals surface area contributed by atoms with Crippen molar-refractivity contribution in [3.05, 3.63) is 71.3 Å². The van der Waals surface area contributed by atoms with E-state index in [1.807, 2.05) is 5.32 Å². The monoisotopic (exact) mass is 434 g/mol. The van der Waals surface area contributed by atoms with Gasteiger partial charge in [0.2, 0.25) is 5.54 Å². The van der Waals surface area contributed by atoms with Crippen molar-refractivity contribution >= 4 is 17.8 Å². The third-order valence-electron chi connectivity index (χ3n) is 5.02. The van der Waals surface area contributed by atoms with E-state index in [0.29, 0.717) is 10.5 Å². The van der Waals surface area contributed by atoms with E-state index in [9.17, 15) is 27.6 Å².